The average Bonchev–Trinajstić information content (AvgIpc) is 3.53. The van der Waals surface area contributed by atoms with Gasteiger partial charge >= 0.3 is 5.97 Å². The van der Waals surface area contributed by atoms with Crippen LogP contribution in [0.4, 0.5) is 5.95 Å². The monoisotopic (exact) mass is 453 g/mol. The van der Waals surface area contributed by atoms with E-state index in [-0.39, 0.29) is 5.97 Å². The number of carbonyl (C=O) groups excluding carboxylic acids is 1. The zero-order valence-corrected chi connectivity index (χ0v) is 18.8. The van der Waals surface area contributed by atoms with Gasteiger partial charge in [-0.1, -0.05) is 54.6 Å². The van der Waals surface area contributed by atoms with E-state index in [0.717, 1.165) is 33.3 Å². The van der Waals surface area contributed by atoms with Gasteiger partial charge in [0.25, 0.3) is 0 Å². The highest BCUT2D eigenvalue weighted by Gasteiger charge is 2.19. The third-order valence-electron chi connectivity index (χ3n) is 5.64. The van der Waals surface area contributed by atoms with Crippen LogP contribution >= 0.6 is 0 Å². The number of rotatable bonds is 7. The van der Waals surface area contributed by atoms with Crippen LogP contribution in [0.2, 0.25) is 0 Å². The molecule has 0 amide bonds. The zero-order valence-electron chi connectivity index (χ0n) is 18.8. The Kier molecular flexibility index (Phi) is 5.73. The Morgan fingerprint density at radius 2 is 1.82 bits per heavy atom. The first-order chi connectivity index (χ1) is 16.7. The Labute approximate surface area is 195 Å². The number of nitrogens with one attached hydrogen (secondary N) is 2. The molecule has 0 aliphatic carbocycles. The van der Waals surface area contributed by atoms with Crippen LogP contribution < -0.4 is 5.32 Å². The van der Waals surface area contributed by atoms with Gasteiger partial charge in [-0.2, -0.15) is 0 Å². The number of benzene rings is 3. The number of anilines is 1. The van der Waals surface area contributed by atoms with Gasteiger partial charge in [0, 0.05) is 12.1 Å². The number of methoxy groups -OCH3 is 1. The number of nitrogens with zero attached hydrogens (tertiary/aromatic N) is 5. The lowest BCUT2D eigenvalue weighted by Gasteiger charge is -2.13. The predicted molar refractivity (Wildman–Crippen MR) is 129 cm³/mol. The van der Waals surface area contributed by atoms with E-state index in [2.05, 4.69) is 50.2 Å². The van der Waals surface area contributed by atoms with Crippen molar-refractivity contribution in [2.75, 3.05) is 19.0 Å². The standard InChI is InChI=1S/C25H23N7O2/c1-3-26-25-27-21-10-6-9-20(24(33)34-2)22(21)32(25)15-16-11-13-17(14-12-16)18-7-4-5-8-19(18)23-28-30-31-29-23/h4-14H,3,15H2,1-2H3,(H,26,27)(H,28,29,30,31). The number of fused-ring (bicyclic) bond motifs is 1. The summed E-state index contributed by atoms with van der Waals surface area (Å²) in [6.07, 6.45) is 0. The van der Waals surface area contributed by atoms with Crippen LogP contribution in [0.15, 0.2) is 66.7 Å². The summed E-state index contributed by atoms with van der Waals surface area (Å²) in [4.78, 5) is 17.1. The molecule has 0 saturated heterocycles. The van der Waals surface area contributed by atoms with Crippen LogP contribution in [0.3, 0.4) is 0 Å². The van der Waals surface area contributed by atoms with Crippen LogP contribution in [-0.2, 0) is 11.3 Å². The molecule has 0 saturated carbocycles. The van der Waals surface area contributed by atoms with Crippen LogP contribution in [0, 0.1) is 0 Å². The van der Waals surface area contributed by atoms with Gasteiger partial charge in [-0.05, 0) is 46.2 Å². The lowest BCUT2D eigenvalue weighted by atomic mass is 9.98. The molecule has 0 unspecified atom stereocenters. The minimum Gasteiger partial charge on any atom is -0.465 e. The molecule has 0 aliphatic rings. The smallest absolute Gasteiger partial charge is 0.340 e. The molecule has 2 N–H and O–H groups in total. The van der Waals surface area contributed by atoms with E-state index in [1.807, 2.05) is 47.9 Å². The van der Waals surface area contributed by atoms with Crippen LogP contribution in [0.25, 0.3) is 33.5 Å². The maximum absolute atomic E-state index is 12.4. The first-order valence-electron chi connectivity index (χ1n) is 10.9. The Hall–Kier alpha value is -4.53. The minimum absolute atomic E-state index is 0.386. The van der Waals surface area contributed by atoms with E-state index < -0.39 is 0 Å². The van der Waals surface area contributed by atoms with E-state index >= 15 is 0 Å². The summed E-state index contributed by atoms with van der Waals surface area (Å²) in [6.45, 7) is 3.27. The van der Waals surface area contributed by atoms with Gasteiger partial charge in [-0.3, -0.25) is 0 Å². The fourth-order valence-electron chi connectivity index (χ4n) is 4.09. The Morgan fingerprint density at radius 1 is 1.03 bits per heavy atom. The van der Waals surface area contributed by atoms with E-state index in [1.54, 1.807) is 6.07 Å². The molecule has 34 heavy (non-hydrogen) atoms. The summed E-state index contributed by atoms with van der Waals surface area (Å²) in [5.74, 6) is 0.944. The fourth-order valence-corrected chi connectivity index (χ4v) is 4.09. The molecule has 2 aromatic heterocycles. The highest BCUT2D eigenvalue weighted by Crippen LogP contribution is 2.30. The SMILES string of the molecule is CCNc1nc2cccc(C(=O)OC)c2n1Cc1ccc(-c2ccccc2-c2nnn[nH]2)cc1. The normalized spacial score (nSPS) is 11.0. The number of carbonyl (C=O) groups is 1. The number of esters is 1. The second-order valence-electron chi connectivity index (χ2n) is 7.71. The average molecular weight is 454 g/mol. The summed E-state index contributed by atoms with van der Waals surface area (Å²) < 4.78 is 7.03. The maximum Gasteiger partial charge on any atom is 0.340 e. The molecule has 0 fully saturated rings. The number of para-hydroxylation sites is 1. The van der Waals surface area contributed by atoms with Crippen molar-refractivity contribution in [3.63, 3.8) is 0 Å². The van der Waals surface area contributed by atoms with Crippen molar-refractivity contribution >= 4 is 23.0 Å². The van der Waals surface area contributed by atoms with Gasteiger partial charge in [-0.15, -0.1) is 5.10 Å². The third-order valence-corrected chi connectivity index (χ3v) is 5.64. The summed E-state index contributed by atoms with van der Waals surface area (Å²) in [6, 6.07) is 21.8. The topological polar surface area (TPSA) is 111 Å². The number of aromatic amines is 1. The number of hydrogen-bond donors (Lipinski definition) is 2. The number of imidazole rings is 1. The van der Waals surface area contributed by atoms with Crippen molar-refractivity contribution in [1.82, 2.24) is 30.2 Å². The lowest BCUT2D eigenvalue weighted by molar-refractivity contribution is 0.0602. The lowest BCUT2D eigenvalue weighted by Crippen LogP contribution is -2.10. The van der Waals surface area contributed by atoms with Gasteiger partial charge in [0.1, 0.15) is 0 Å². The summed E-state index contributed by atoms with van der Waals surface area (Å²) >= 11 is 0. The van der Waals surface area contributed by atoms with Gasteiger partial charge in [0.05, 0.1) is 30.3 Å². The van der Waals surface area contributed by atoms with Gasteiger partial charge in [-0.25, -0.2) is 14.9 Å². The van der Waals surface area contributed by atoms with Gasteiger partial charge in [0.2, 0.25) is 5.95 Å². The second-order valence-corrected chi connectivity index (χ2v) is 7.71. The third kappa shape index (κ3) is 3.88. The molecule has 0 spiro atoms. The number of H-pyrrole nitrogens is 1. The molecule has 0 atom stereocenters. The first kappa shape index (κ1) is 21.3. The summed E-state index contributed by atoms with van der Waals surface area (Å²) in [5, 5.41) is 17.6. The number of hydrogen-bond acceptors (Lipinski definition) is 7. The van der Waals surface area contributed by atoms with E-state index in [1.165, 1.54) is 7.11 Å². The van der Waals surface area contributed by atoms with Crippen molar-refractivity contribution in [3.05, 3.63) is 77.9 Å². The van der Waals surface area contributed by atoms with Crippen molar-refractivity contribution in [1.29, 1.82) is 0 Å². The molecule has 0 bridgehead atoms. The molecular formula is C25H23N7O2. The van der Waals surface area contributed by atoms with Crippen molar-refractivity contribution in [3.8, 4) is 22.5 Å². The van der Waals surface area contributed by atoms with Crippen molar-refractivity contribution in [2.45, 2.75) is 13.5 Å². The molecule has 0 radical (unpaired) electrons. The molecular weight excluding hydrogens is 430 g/mol. The van der Waals surface area contributed by atoms with Crippen molar-refractivity contribution < 1.29 is 9.53 Å². The molecule has 170 valence electrons. The molecule has 0 aliphatic heterocycles. The highest BCUT2D eigenvalue weighted by atomic mass is 16.5. The van der Waals surface area contributed by atoms with E-state index in [4.69, 9.17) is 9.72 Å². The second kappa shape index (κ2) is 9.14. The highest BCUT2D eigenvalue weighted by molar-refractivity contribution is 6.02. The molecule has 2 heterocycles. The van der Waals surface area contributed by atoms with Gasteiger partial charge in [0.15, 0.2) is 5.82 Å². The van der Waals surface area contributed by atoms with Crippen LogP contribution in [0.5, 0.6) is 0 Å². The van der Waals surface area contributed by atoms with Gasteiger partial charge < -0.3 is 14.6 Å². The van der Waals surface area contributed by atoms with Crippen LogP contribution in [0.1, 0.15) is 22.8 Å². The predicted octanol–water partition coefficient (Wildman–Crippen LogP) is 4.15. The van der Waals surface area contributed by atoms with Crippen molar-refractivity contribution in [2.24, 2.45) is 0 Å². The largest absolute Gasteiger partial charge is 0.465 e. The fraction of sp³-hybridized carbons (Fsp3) is 0.160. The van der Waals surface area contributed by atoms with Crippen LogP contribution in [-0.4, -0.2) is 49.8 Å². The minimum atomic E-state index is -0.386. The number of ether oxygens (including phenoxy) is 1. The van der Waals surface area contributed by atoms with E-state index in [0.29, 0.717) is 30.4 Å². The molecule has 9 nitrogen and oxygen atoms in total. The number of tetrazole rings is 1. The number of aromatic nitrogens is 6. The molecule has 5 rings (SSSR count). The summed E-state index contributed by atoms with van der Waals surface area (Å²) in [7, 11) is 1.39. The first-order valence-corrected chi connectivity index (χ1v) is 10.9. The summed E-state index contributed by atoms with van der Waals surface area (Å²) in [5.41, 5.74) is 6.06. The van der Waals surface area contributed by atoms with E-state index in [9.17, 15) is 4.79 Å². The molecule has 3 aromatic carbocycles. The molecule has 9 heteroatoms. The quantitative estimate of drug-likeness (QED) is 0.356. The molecule has 5 aromatic rings. The maximum atomic E-state index is 12.4. The zero-order chi connectivity index (χ0) is 23.5. The Bertz CT molecular complexity index is 1440. The Balaban J connectivity index is 1.53. The Morgan fingerprint density at radius 3 is 2.53 bits per heavy atom.